The zero-order valence-corrected chi connectivity index (χ0v) is 20.3. The van der Waals surface area contributed by atoms with E-state index in [4.69, 9.17) is 4.74 Å². The van der Waals surface area contributed by atoms with Gasteiger partial charge in [-0.1, -0.05) is 26.7 Å². The Kier molecular flexibility index (Phi) is 12.5. The summed E-state index contributed by atoms with van der Waals surface area (Å²) in [5, 5.41) is 8.14. The smallest absolute Gasteiger partial charge is 0.191 e. The first kappa shape index (κ1) is 24.6. The highest BCUT2D eigenvalue weighted by molar-refractivity contribution is 14.0. The third-order valence-corrected chi connectivity index (χ3v) is 6.08. The van der Waals surface area contributed by atoms with Gasteiger partial charge in [-0.05, 0) is 12.8 Å². The number of ether oxygens (including phenoxy) is 1. The molecule has 0 amide bonds. The van der Waals surface area contributed by atoms with Crippen molar-refractivity contribution in [3.05, 3.63) is 16.1 Å². The van der Waals surface area contributed by atoms with Gasteiger partial charge in [0.15, 0.2) is 5.96 Å². The number of aryl methyl sites for hydroxylation is 1. The molecule has 1 fully saturated rings. The zero-order valence-electron chi connectivity index (χ0n) is 17.2. The average Bonchev–Trinajstić information content (AvgIpc) is 3.09. The summed E-state index contributed by atoms with van der Waals surface area (Å²) in [6, 6.07) is 0.522. The van der Waals surface area contributed by atoms with E-state index in [1.54, 1.807) is 11.3 Å². The van der Waals surface area contributed by atoms with E-state index in [9.17, 15) is 0 Å². The minimum absolute atomic E-state index is 0. The molecule has 0 saturated carbocycles. The molecule has 0 spiro atoms. The van der Waals surface area contributed by atoms with Crippen LogP contribution in [-0.4, -0.2) is 68.3 Å². The first-order valence-corrected chi connectivity index (χ1v) is 10.7. The van der Waals surface area contributed by atoms with E-state index in [0.29, 0.717) is 12.0 Å². The second-order valence-corrected chi connectivity index (χ2v) is 8.11. The third kappa shape index (κ3) is 8.21. The van der Waals surface area contributed by atoms with Crippen LogP contribution in [0.5, 0.6) is 0 Å². The van der Waals surface area contributed by atoms with Crippen LogP contribution in [0.3, 0.4) is 0 Å². The van der Waals surface area contributed by atoms with Crippen LogP contribution in [0, 0.1) is 12.8 Å². The largest absolute Gasteiger partial charge is 0.379 e. The minimum Gasteiger partial charge on any atom is -0.379 e. The number of aromatic nitrogens is 1. The molecule has 2 N–H and O–H groups in total. The molecule has 0 aliphatic carbocycles. The first-order chi connectivity index (χ1) is 12.7. The number of guanidine groups is 1. The third-order valence-electron chi connectivity index (χ3n) is 5.11. The second-order valence-electron chi connectivity index (χ2n) is 6.79. The van der Waals surface area contributed by atoms with Crippen LogP contribution in [0.1, 0.15) is 36.6 Å². The van der Waals surface area contributed by atoms with Gasteiger partial charge in [0.25, 0.3) is 0 Å². The lowest BCUT2D eigenvalue weighted by Crippen LogP contribution is -2.53. The van der Waals surface area contributed by atoms with Gasteiger partial charge in [-0.25, -0.2) is 4.98 Å². The molecular weight excluding hydrogens is 473 g/mol. The van der Waals surface area contributed by atoms with E-state index in [1.807, 2.05) is 13.2 Å². The molecule has 2 rings (SSSR count). The van der Waals surface area contributed by atoms with Crippen LogP contribution < -0.4 is 10.6 Å². The lowest BCUT2D eigenvalue weighted by molar-refractivity contribution is 0.00272. The molecule has 1 atom stereocenters. The fraction of sp³-hybridized carbons (Fsp3) is 0.789. The lowest BCUT2D eigenvalue weighted by atomic mass is 9.92. The Bertz CT molecular complexity index is 544. The van der Waals surface area contributed by atoms with Crippen molar-refractivity contribution < 1.29 is 4.74 Å². The molecular formula is C19H36IN5OS. The van der Waals surface area contributed by atoms with Crippen molar-refractivity contribution in [1.82, 2.24) is 20.5 Å². The predicted octanol–water partition coefficient (Wildman–Crippen LogP) is 2.91. The Hall–Kier alpha value is -0.450. The first-order valence-electron chi connectivity index (χ1n) is 9.85. The predicted molar refractivity (Wildman–Crippen MR) is 126 cm³/mol. The van der Waals surface area contributed by atoms with E-state index in [0.717, 1.165) is 51.8 Å². The molecule has 1 aromatic rings. The monoisotopic (exact) mass is 509 g/mol. The summed E-state index contributed by atoms with van der Waals surface area (Å²) in [5.74, 6) is 1.57. The zero-order chi connectivity index (χ0) is 18.8. The maximum Gasteiger partial charge on any atom is 0.191 e. The SMILES string of the molecule is CCC(CC)C(CNC(=NC)NCCc1ncc(C)s1)N1CCOCC1.I. The number of aliphatic imine (C=N–C) groups is 1. The summed E-state index contributed by atoms with van der Waals surface area (Å²) < 4.78 is 5.54. The van der Waals surface area contributed by atoms with Gasteiger partial charge in [0, 0.05) is 56.8 Å². The summed E-state index contributed by atoms with van der Waals surface area (Å²) in [7, 11) is 1.84. The van der Waals surface area contributed by atoms with Crippen LogP contribution in [-0.2, 0) is 11.2 Å². The van der Waals surface area contributed by atoms with E-state index in [-0.39, 0.29) is 24.0 Å². The molecule has 1 aliphatic rings. The van der Waals surface area contributed by atoms with Gasteiger partial charge in [-0.15, -0.1) is 35.3 Å². The number of hydrogen-bond donors (Lipinski definition) is 2. The van der Waals surface area contributed by atoms with Gasteiger partial charge in [-0.2, -0.15) is 0 Å². The summed E-state index contributed by atoms with van der Waals surface area (Å²) in [5.41, 5.74) is 0. The molecule has 27 heavy (non-hydrogen) atoms. The van der Waals surface area contributed by atoms with Gasteiger partial charge in [0.05, 0.1) is 18.2 Å². The van der Waals surface area contributed by atoms with E-state index < -0.39 is 0 Å². The molecule has 1 unspecified atom stereocenters. The molecule has 156 valence electrons. The molecule has 6 nitrogen and oxygen atoms in total. The highest BCUT2D eigenvalue weighted by Gasteiger charge is 2.26. The molecule has 0 radical (unpaired) electrons. The summed E-state index contributed by atoms with van der Waals surface area (Å²) in [4.78, 5) is 12.7. The Morgan fingerprint density at radius 3 is 2.56 bits per heavy atom. The lowest BCUT2D eigenvalue weighted by Gasteiger charge is -2.39. The van der Waals surface area contributed by atoms with E-state index in [1.165, 1.54) is 22.7 Å². The van der Waals surface area contributed by atoms with E-state index in [2.05, 4.69) is 46.3 Å². The molecule has 2 heterocycles. The summed E-state index contributed by atoms with van der Waals surface area (Å²) in [6.07, 6.45) is 5.28. The number of hydrogen-bond acceptors (Lipinski definition) is 5. The standard InChI is InChI=1S/C19H35N5OS.HI/c1-5-16(6-2)17(24-9-11-25-12-10-24)14-23-19(20-4)21-8-7-18-22-13-15(3)26-18;/h13,16-17H,5-12,14H2,1-4H3,(H2,20,21,23);1H. The molecule has 0 aromatic carbocycles. The van der Waals surface area contributed by atoms with Gasteiger partial charge in [-0.3, -0.25) is 9.89 Å². The van der Waals surface area contributed by atoms with E-state index >= 15 is 0 Å². The number of rotatable bonds is 9. The van der Waals surface area contributed by atoms with Gasteiger partial charge in [0.1, 0.15) is 0 Å². The Morgan fingerprint density at radius 1 is 1.30 bits per heavy atom. The maximum atomic E-state index is 5.54. The Labute approximate surface area is 185 Å². The molecule has 0 bridgehead atoms. The fourth-order valence-corrected chi connectivity index (χ4v) is 4.35. The van der Waals surface area contributed by atoms with Crippen molar-refractivity contribution in [3.8, 4) is 0 Å². The molecule has 1 aliphatic heterocycles. The summed E-state index contributed by atoms with van der Waals surface area (Å²) >= 11 is 1.76. The van der Waals surface area contributed by atoms with Gasteiger partial charge < -0.3 is 15.4 Å². The second kappa shape index (κ2) is 13.7. The van der Waals surface area contributed by atoms with Crippen molar-refractivity contribution in [2.45, 2.75) is 46.1 Å². The van der Waals surface area contributed by atoms with Gasteiger partial charge in [0.2, 0.25) is 0 Å². The average molecular weight is 510 g/mol. The van der Waals surface area contributed by atoms with Crippen molar-refractivity contribution in [3.63, 3.8) is 0 Å². The number of thiazole rings is 1. The maximum absolute atomic E-state index is 5.54. The van der Waals surface area contributed by atoms with Gasteiger partial charge >= 0.3 is 0 Å². The summed E-state index contributed by atoms with van der Waals surface area (Å²) in [6.45, 7) is 12.2. The highest BCUT2D eigenvalue weighted by Crippen LogP contribution is 2.19. The van der Waals surface area contributed by atoms with Crippen LogP contribution in [0.15, 0.2) is 11.2 Å². The number of nitrogens with one attached hydrogen (secondary N) is 2. The molecule has 8 heteroatoms. The topological polar surface area (TPSA) is 61.8 Å². The van der Waals surface area contributed by atoms with Crippen molar-refractivity contribution in [1.29, 1.82) is 0 Å². The Balaban J connectivity index is 0.00000364. The minimum atomic E-state index is 0. The normalized spacial score (nSPS) is 16.9. The molecule has 1 aromatic heterocycles. The number of morpholine rings is 1. The molecule has 1 saturated heterocycles. The Morgan fingerprint density at radius 2 is 2.00 bits per heavy atom. The van der Waals surface area contributed by atoms with Crippen LogP contribution in [0.2, 0.25) is 0 Å². The van der Waals surface area contributed by atoms with Crippen LogP contribution >= 0.6 is 35.3 Å². The van der Waals surface area contributed by atoms with Crippen LogP contribution in [0.25, 0.3) is 0 Å². The fourth-order valence-electron chi connectivity index (χ4n) is 3.56. The van der Waals surface area contributed by atoms with Crippen molar-refractivity contribution >= 4 is 41.3 Å². The number of halogens is 1. The highest BCUT2D eigenvalue weighted by atomic mass is 127. The quantitative estimate of drug-likeness (QED) is 0.305. The van der Waals surface area contributed by atoms with Crippen molar-refractivity contribution in [2.75, 3.05) is 46.4 Å². The number of nitrogens with zero attached hydrogens (tertiary/aromatic N) is 3. The van der Waals surface area contributed by atoms with Crippen molar-refractivity contribution in [2.24, 2.45) is 10.9 Å². The van der Waals surface area contributed by atoms with Crippen LogP contribution in [0.4, 0.5) is 0 Å².